The molecule has 1 heterocycles. The van der Waals surface area contributed by atoms with Crippen LogP contribution in [0.5, 0.6) is 0 Å². The Morgan fingerprint density at radius 3 is 2.74 bits per heavy atom. The Kier molecular flexibility index (Phi) is 4.48. The Balaban J connectivity index is 2.01. The van der Waals surface area contributed by atoms with Gasteiger partial charge in [0.15, 0.2) is 0 Å². The first-order valence-corrected chi connectivity index (χ1v) is 6.74. The highest BCUT2D eigenvalue weighted by Gasteiger charge is 2.14. The standard InChI is InChI=1S/C12H13IN4O2/c13-9-3-1-8(2-4-9)6-17-7-10(15-16-17)5-11(14)12(18)19/h1-4,7,11H,5-6,14H2,(H,18,19). The Bertz CT molecular complexity index is 567. The molecule has 1 atom stereocenters. The van der Waals surface area contributed by atoms with Crippen molar-refractivity contribution >= 4 is 28.6 Å². The predicted octanol–water partition coefficient (Wildman–Crippen LogP) is 0.885. The summed E-state index contributed by atoms with van der Waals surface area (Å²) in [6.45, 7) is 0.603. The number of carboxylic acids is 1. The normalized spacial score (nSPS) is 12.3. The molecule has 0 saturated carbocycles. The van der Waals surface area contributed by atoms with Gasteiger partial charge in [-0.25, -0.2) is 4.68 Å². The molecular formula is C12H13IN4O2. The van der Waals surface area contributed by atoms with E-state index in [9.17, 15) is 4.79 Å². The molecule has 1 aromatic heterocycles. The van der Waals surface area contributed by atoms with Crippen molar-refractivity contribution in [2.24, 2.45) is 5.73 Å². The minimum atomic E-state index is -1.04. The Hall–Kier alpha value is -1.48. The van der Waals surface area contributed by atoms with E-state index in [-0.39, 0.29) is 6.42 Å². The molecule has 7 heteroatoms. The molecule has 100 valence electrons. The summed E-state index contributed by atoms with van der Waals surface area (Å²) in [6, 6.07) is 7.14. The summed E-state index contributed by atoms with van der Waals surface area (Å²) >= 11 is 2.25. The molecule has 3 N–H and O–H groups in total. The summed E-state index contributed by atoms with van der Waals surface area (Å²) in [6.07, 6.45) is 1.91. The number of carboxylic acid groups (broad SMARTS) is 1. The SMILES string of the molecule is NC(Cc1cn(Cc2ccc(I)cc2)nn1)C(=O)O. The molecule has 0 fully saturated rings. The molecule has 1 aromatic carbocycles. The number of aromatic nitrogens is 3. The first kappa shape index (κ1) is 13.9. The highest BCUT2D eigenvalue weighted by atomic mass is 127. The van der Waals surface area contributed by atoms with Crippen LogP contribution < -0.4 is 5.73 Å². The minimum Gasteiger partial charge on any atom is -0.480 e. The molecule has 0 aliphatic rings. The van der Waals surface area contributed by atoms with E-state index in [1.165, 1.54) is 3.57 Å². The lowest BCUT2D eigenvalue weighted by Gasteiger charge is -2.02. The molecule has 6 nitrogen and oxygen atoms in total. The van der Waals surface area contributed by atoms with Gasteiger partial charge in [0, 0.05) is 16.2 Å². The largest absolute Gasteiger partial charge is 0.480 e. The average molecular weight is 372 g/mol. The zero-order valence-electron chi connectivity index (χ0n) is 10.0. The van der Waals surface area contributed by atoms with Crippen molar-refractivity contribution in [1.82, 2.24) is 15.0 Å². The van der Waals surface area contributed by atoms with Gasteiger partial charge < -0.3 is 10.8 Å². The number of halogens is 1. The van der Waals surface area contributed by atoms with Crippen LogP contribution in [0.2, 0.25) is 0 Å². The van der Waals surface area contributed by atoms with Gasteiger partial charge in [0.2, 0.25) is 0 Å². The number of nitrogens with two attached hydrogens (primary N) is 1. The van der Waals surface area contributed by atoms with Crippen LogP contribution in [0.4, 0.5) is 0 Å². The van der Waals surface area contributed by atoms with Crippen molar-refractivity contribution in [3.63, 3.8) is 0 Å². The highest BCUT2D eigenvalue weighted by Crippen LogP contribution is 2.08. The number of hydrogen-bond donors (Lipinski definition) is 2. The fourth-order valence-electron chi connectivity index (χ4n) is 1.60. The summed E-state index contributed by atoms with van der Waals surface area (Å²) in [5.74, 6) is -1.04. The fourth-order valence-corrected chi connectivity index (χ4v) is 1.96. The van der Waals surface area contributed by atoms with Crippen molar-refractivity contribution < 1.29 is 9.90 Å². The van der Waals surface area contributed by atoms with Crippen molar-refractivity contribution in [2.45, 2.75) is 19.0 Å². The molecule has 0 aliphatic heterocycles. The van der Waals surface area contributed by atoms with Gasteiger partial charge >= 0.3 is 5.97 Å². The topological polar surface area (TPSA) is 94.0 Å². The second kappa shape index (κ2) is 6.11. The van der Waals surface area contributed by atoms with E-state index in [0.717, 1.165) is 5.56 Å². The van der Waals surface area contributed by atoms with Gasteiger partial charge in [0.1, 0.15) is 6.04 Å². The molecule has 2 rings (SSSR count). The van der Waals surface area contributed by atoms with Crippen LogP contribution in [0.25, 0.3) is 0 Å². The lowest BCUT2D eigenvalue weighted by Crippen LogP contribution is -2.32. The number of benzene rings is 1. The van der Waals surface area contributed by atoms with Crippen LogP contribution in [0.1, 0.15) is 11.3 Å². The van der Waals surface area contributed by atoms with Gasteiger partial charge in [0.25, 0.3) is 0 Å². The second-order valence-electron chi connectivity index (χ2n) is 4.18. The Labute approximate surface area is 123 Å². The molecule has 0 amide bonds. The lowest BCUT2D eigenvalue weighted by atomic mass is 10.2. The average Bonchev–Trinajstić information content (AvgIpc) is 2.79. The molecular weight excluding hydrogens is 359 g/mol. The first-order chi connectivity index (χ1) is 9.04. The maximum absolute atomic E-state index is 10.7. The van der Waals surface area contributed by atoms with E-state index in [0.29, 0.717) is 12.2 Å². The smallest absolute Gasteiger partial charge is 0.320 e. The number of carbonyl (C=O) groups is 1. The molecule has 0 spiro atoms. The molecule has 19 heavy (non-hydrogen) atoms. The summed E-state index contributed by atoms with van der Waals surface area (Å²) in [5, 5.41) is 16.6. The summed E-state index contributed by atoms with van der Waals surface area (Å²) in [4.78, 5) is 10.7. The number of hydrogen-bond acceptors (Lipinski definition) is 4. The van der Waals surface area contributed by atoms with Crippen LogP contribution >= 0.6 is 22.6 Å². The third-order valence-electron chi connectivity index (χ3n) is 2.59. The van der Waals surface area contributed by atoms with Crippen molar-refractivity contribution in [3.05, 3.63) is 45.3 Å². The Morgan fingerprint density at radius 2 is 2.11 bits per heavy atom. The van der Waals surface area contributed by atoms with Gasteiger partial charge in [-0.3, -0.25) is 4.79 Å². The Morgan fingerprint density at radius 1 is 1.42 bits per heavy atom. The second-order valence-corrected chi connectivity index (χ2v) is 5.43. The van der Waals surface area contributed by atoms with Crippen molar-refractivity contribution in [2.75, 3.05) is 0 Å². The zero-order chi connectivity index (χ0) is 13.8. The van der Waals surface area contributed by atoms with Crippen LogP contribution in [-0.2, 0) is 17.8 Å². The first-order valence-electron chi connectivity index (χ1n) is 5.66. The van der Waals surface area contributed by atoms with Crippen LogP contribution in [0, 0.1) is 3.57 Å². The number of rotatable bonds is 5. The number of aliphatic carboxylic acids is 1. The van der Waals surface area contributed by atoms with Gasteiger partial charge in [-0.15, -0.1) is 5.10 Å². The summed E-state index contributed by atoms with van der Waals surface area (Å²) < 4.78 is 2.85. The minimum absolute atomic E-state index is 0.183. The van der Waals surface area contributed by atoms with Crippen LogP contribution in [-0.4, -0.2) is 32.1 Å². The molecule has 0 saturated heterocycles. The van der Waals surface area contributed by atoms with E-state index >= 15 is 0 Å². The summed E-state index contributed by atoms with van der Waals surface area (Å²) in [7, 11) is 0. The van der Waals surface area contributed by atoms with Gasteiger partial charge in [-0.1, -0.05) is 17.3 Å². The van der Waals surface area contributed by atoms with Gasteiger partial charge in [-0.2, -0.15) is 0 Å². The molecule has 2 aromatic rings. The highest BCUT2D eigenvalue weighted by molar-refractivity contribution is 14.1. The predicted molar refractivity (Wildman–Crippen MR) is 77.6 cm³/mol. The number of nitrogens with zero attached hydrogens (tertiary/aromatic N) is 3. The van der Waals surface area contributed by atoms with Crippen molar-refractivity contribution in [1.29, 1.82) is 0 Å². The van der Waals surface area contributed by atoms with Crippen LogP contribution in [0.3, 0.4) is 0 Å². The quantitative estimate of drug-likeness (QED) is 0.761. The molecule has 0 aliphatic carbocycles. The van der Waals surface area contributed by atoms with Gasteiger partial charge in [-0.05, 0) is 40.3 Å². The maximum Gasteiger partial charge on any atom is 0.320 e. The van der Waals surface area contributed by atoms with E-state index in [4.69, 9.17) is 10.8 Å². The van der Waals surface area contributed by atoms with Crippen LogP contribution in [0.15, 0.2) is 30.5 Å². The third kappa shape index (κ3) is 4.00. The lowest BCUT2D eigenvalue weighted by molar-refractivity contribution is -0.138. The van der Waals surface area contributed by atoms with E-state index in [1.807, 2.05) is 24.3 Å². The molecule has 1 unspecified atom stereocenters. The fraction of sp³-hybridized carbons (Fsp3) is 0.250. The monoisotopic (exact) mass is 372 g/mol. The molecule has 0 bridgehead atoms. The summed E-state index contributed by atoms with van der Waals surface area (Å²) in [5.41, 5.74) is 7.14. The molecule has 0 radical (unpaired) electrons. The maximum atomic E-state index is 10.7. The van der Waals surface area contributed by atoms with E-state index in [2.05, 4.69) is 32.9 Å². The van der Waals surface area contributed by atoms with Gasteiger partial charge in [0.05, 0.1) is 12.2 Å². The van der Waals surface area contributed by atoms with E-state index < -0.39 is 12.0 Å². The third-order valence-corrected chi connectivity index (χ3v) is 3.31. The van der Waals surface area contributed by atoms with E-state index in [1.54, 1.807) is 10.9 Å². The zero-order valence-corrected chi connectivity index (χ0v) is 12.2. The van der Waals surface area contributed by atoms with Crippen molar-refractivity contribution in [3.8, 4) is 0 Å².